The molecule has 1 aliphatic heterocycles. The average Bonchev–Trinajstić information content (AvgIpc) is 3.10. The van der Waals surface area contributed by atoms with E-state index in [4.69, 9.17) is 20.3 Å². The van der Waals surface area contributed by atoms with E-state index < -0.39 is 0 Å². The molecule has 1 aromatic carbocycles. The number of nitrogens with two attached hydrogens (primary N) is 1. The van der Waals surface area contributed by atoms with E-state index in [-0.39, 0.29) is 12.3 Å². The van der Waals surface area contributed by atoms with E-state index in [1.807, 2.05) is 22.9 Å². The van der Waals surface area contributed by atoms with E-state index >= 15 is 0 Å². The van der Waals surface area contributed by atoms with Crippen molar-refractivity contribution in [2.45, 2.75) is 26.3 Å². The highest BCUT2D eigenvalue weighted by Gasteiger charge is 2.25. The molecule has 0 fully saturated rings. The van der Waals surface area contributed by atoms with Gasteiger partial charge in [-0.2, -0.15) is 5.10 Å². The smallest absolute Gasteiger partial charge is 0.231 e. The number of benzene rings is 1. The van der Waals surface area contributed by atoms with Gasteiger partial charge in [0, 0.05) is 5.56 Å². The van der Waals surface area contributed by atoms with Gasteiger partial charge in [0.05, 0.1) is 10.9 Å². The molecule has 1 aliphatic rings. The molecule has 4 rings (SSSR count). The zero-order valence-electron chi connectivity index (χ0n) is 13.2. The Morgan fingerprint density at radius 2 is 1.91 bits per heavy atom. The van der Waals surface area contributed by atoms with Crippen molar-refractivity contribution >= 4 is 16.9 Å². The van der Waals surface area contributed by atoms with Crippen molar-refractivity contribution in [3.8, 4) is 22.8 Å². The van der Waals surface area contributed by atoms with Crippen molar-refractivity contribution in [3.05, 3.63) is 24.5 Å². The Kier molecular flexibility index (Phi) is 2.75. The number of nitrogen functional groups attached to an aromatic ring is 1. The second-order valence-corrected chi connectivity index (χ2v) is 6.46. The number of nitrogens with zero attached hydrogens (tertiary/aromatic N) is 4. The molecule has 3 aromatic rings. The summed E-state index contributed by atoms with van der Waals surface area (Å²) in [6.45, 7) is 6.45. The fourth-order valence-corrected chi connectivity index (χ4v) is 2.69. The molecule has 0 saturated carbocycles. The summed E-state index contributed by atoms with van der Waals surface area (Å²) in [6.07, 6.45) is 1.46. The quantitative estimate of drug-likeness (QED) is 0.743. The summed E-state index contributed by atoms with van der Waals surface area (Å²) in [4.78, 5) is 8.50. The first-order chi connectivity index (χ1) is 10.9. The summed E-state index contributed by atoms with van der Waals surface area (Å²) in [5, 5.41) is 5.51. The SMILES string of the molecule is CC(C)(C)n1nc(-c2ccc3c(c2)OCO3)c2c(N)ncnc21. The molecule has 0 amide bonds. The van der Waals surface area contributed by atoms with Crippen molar-refractivity contribution in [3.63, 3.8) is 0 Å². The summed E-state index contributed by atoms with van der Waals surface area (Å²) in [6, 6.07) is 5.72. The molecule has 3 heterocycles. The lowest BCUT2D eigenvalue weighted by Gasteiger charge is -2.19. The molecule has 2 N–H and O–H groups in total. The molecule has 0 radical (unpaired) electrons. The van der Waals surface area contributed by atoms with Crippen molar-refractivity contribution < 1.29 is 9.47 Å². The maximum Gasteiger partial charge on any atom is 0.231 e. The summed E-state index contributed by atoms with van der Waals surface area (Å²) in [5.41, 5.74) is 8.23. The van der Waals surface area contributed by atoms with Crippen LogP contribution in [0, 0.1) is 0 Å². The van der Waals surface area contributed by atoms with Crippen LogP contribution in [0.25, 0.3) is 22.3 Å². The second-order valence-electron chi connectivity index (χ2n) is 6.46. The molecule has 0 spiro atoms. The summed E-state index contributed by atoms with van der Waals surface area (Å²) < 4.78 is 12.7. The molecule has 0 saturated heterocycles. The van der Waals surface area contributed by atoms with Crippen molar-refractivity contribution in [2.24, 2.45) is 0 Å². The normalized spacial score (nSPS) is 13.7. The van der Waals surface area contributed by atoms with Gasteiger partial charge in [0.25, 0.3) is 0 Å². The van der Waals surface area contributed by atoms with Crippen LogP contribution in [0.3, 0.4) is 0 Å². The van der Waals surface area contributed by atoms with Gasteiger partial charge in [-0.1, -0.05) is 0 Å². The fraction of sp³-hybridized carbons (Fsp3) is 0.312. The van der Waals surface area contributed by atoms with Crippen LogP contribution in [0.5, 0.6) is 11.5 Å². The molecule has 7 nitrogen and oxygen atoms in total. The highest BCUT2D eigenvalue weighted by atomic mass is 16.7. The third-order valence-corrected chi connectivity index (χ3v) is 3.78. The average molecular weight is 311 g/mol. The van der Waals surface area contributed by atoms with Crippen LogP contribution >= 0.6 is 0 Å². The van der Waals surface area contributed by atoms with Gasteiger partial charge in [0.2, 0.25) is 6.79 Å². The zero-order chi connectivity index (χ0) is 16.2. The number of rotatable bonds is 1. The first-order valence-electron chi connectivity index (χ1n) is 7.35. The van der Waals surface area contributed by atoms with Crippen LogP contribution in [0.4, 0.5) is 5.82 Å². The lowest BCUT2D eigenvalue weighted by atomic mass is 10.1. The molecule has 0 aliphatic carbocycles. The molecule has 2 aromatic heterocycles. The topological polar surface area (TPSA) is 88.1 Å². The van der Waals surface area contributed by atoms with Crippen molar-refractivity contribution in [2.75, 3.05) is 12.5 Å². The fourth-order valence-electron chi connectivity index (χ4n) is 2.69. The third-order valence-electron chi connectivity index (χ3n) is 3.78. The van der Waals surface area contributed by atoms with Crippen molar-refractivity contribution in [1.29, 1.82) is 0 Å². The maximum atomic E-state index is 6.10. The molecule has 0 atom stereocenters. The largest absolute Gasteiger partial charge is 0.454 e. The van der Waals surface area contributed by atoms with Crippen LogP contribution in [0.1, 0.15) is 20.8 Å². The van der Waals surface area contributed by atoms with Crippen LogP contribution in [0.15, 0.2) is 24.5 Å². The van der Waals surface area contributed by atoms with Gasteiger partial charge < -0.3 is 15.2 Å². The number of fused-ring (bicyclic) bond motifs is 2. The molecule has 118 valence electrons. The lowest BCUT2D eigenvalue weighted by Crippen LogP contribution is -2.23. The van der Waals surface area contributed by atoms with Crippen LogP contribution < -0.4 is 15.2 Å². The summed E-state index contributed by atoms with van der Waals surface area (Å²) in [5.74, 6) is 1.85. The molecule has 0 unspecified atom stereocenters. The standard InChI is InChI=1S/C16H17N5O2/c1-16(2,3)21-15-12(14(17)18-7-19-15)13(20-21)9-4-5-10-11(6-9)23-8-22-10/h4-7H,8H2,1-3H3,(H2,17,18,19). The summed E-state index contributed by atoms with van der Waals surface area (Å²) >= 11 is 0. The Bertz CT molecular complexity index is 911. The Hall–Kier alpha value is -2.83. The number of hydrogen-bond acceptors (Lipinski definition) is 6. The highest BCUT2D eigenvalue weighted by molar-refractivity contribution is 5.98. The van der Waals surface area contributed by atoms with Gasteiger partial charge in [-0.15, -0.1) is 0 Å². The molecule has 0 bridgehead atoms. The number of aromatic nitrogens is 4. The Labute approximate surface area is 133 Å². The van der Waals surface area contributed by atoms with Crippen LogP contribution in [0.2, 0.25) is 0 Å². The minimum Gasteiger partial charge on any atom is -0.454 e. The predicted octanol–water partition coefficient (Wildman–Crippen LogP) is 2.56. The Balaban J connectivity index is 2.00. The second kappa shape index (κ2) is 4.58. The van der Waals surface area contributed by atoms with E-state index in [0.29, 0.717) is 11.6 Å². The number of hydrogen-bond donors (Lipinski definition) is 1. The van der Waals surface area contributed by atoms with Crippen LogP contribution in [-0.4, -0.2) is 26.5 Å². The van der Waals surface area contributed by atoms with Gasteiger partial charge in [0.1, 0.15) is 17.8 Å². The van der Waals surface area contributed by atoms with Gasteiger partial charge in [-0.05, 0) is 39.0 Å². The van der Waals surface area contributed by atoms with E-state index in [1.165, 1.54) is 6.33 Å². The Morgan fingerprint density at radius 3 is 2.70 bits per heavy atom. The van der Waals surface area contributed by atoms with E-state index in [2.05, 4.69) is 30.7 Å². The number of anilines is 1. The lowest BCUT2D eigenvalue weighted by molar-refractivity contribution is 0.174. The van der Waals surface area contributed by atoms with Gasteiger partial charge in [0.15, 0.2) is 17.1 Å². The first-order valence-corrected chi connectivity index (χ1v) is 7.35. The van der Waals surface area contributed by atoms with E-state index in [9.17, 15) is 0 Å². The van der Waals surface area contributed by atoms with E-state index in [0.717, 1.165) is 28.0 Å². The molecular weight excluding hydrogens is 294 g/mol. The summed E-state index contributed by atoms with van der Waals surface area (Å²) in [7, 11) is 0. The van der Waals surface area contributed by atoms with Crippen LogP contribution in [-0.2, 0) is 5.54 Å². The van der Waals surface area contributed by atoms with Gasteiger partial charge in [-0.3, -0.25) is 0 Å². The minimum atomic E-state index is -0.229. The van der Waals surface area contributed by atoms with E-state index in [1.54, 1.807) is 0 Å². The minimum absolute atomic E-state index is 0.229. The number of ether oxygens (including phenoxy) is 2. The molecule has 7 heteroatoms. The third kappa shape index (κ3) is 2.08. The molecular formula is C16H17N5O2. The zero-order valence-corrected chi connectivity index (χ0v) is 13.2. The van der Waals surface area contributed by atoms with Gasteiger partial charge >= 0.3 is 0 Å². The molecule has 23 heavy (non-hydrogen) atoms. The Morgan fingerprint density at radius 1 is 1.13 bits per heavy atom. The monoisotopic (exact) mass is 311 g/mol. The van der Waals surface area contributed by atoms with Gasteiger partial charge in [-0.25, -0.2) is 14.6 Å². The van der Waals surface area contributed by atoms with Crippen molar-refractivity contribution in [1.82, 2.24) is 19.7 Å². The first kappa shape index (κ1) is 13.8. The predicted molar refractivity (Wildman–Crippen MR) is 86.3 cm³/mol. The highest BCUT2D eigenvalue weighted by Crippen LogP contribution is 2.39. The maximum absolute atomic E-state index is 6.10.